The van der Waals surface area contributed by atoms with Crippen LogP contribution in [0.5, 0.6) is 0 Å². The molecule has 2 aromatic rings. The molecular weight excluding hydrogens is 298 g/mol. The fourth-order valence-electron chi connectivity index (χ4n) is 1.37. The third-order valence-corrected chi connectivity index (χ3v) is 4.73. The summed E-state index contributed by atoms with van der Waals surface area (Å²) in [5.74, 6) is 0. The topological polar surface area (TPSA) is 12.9 Å². The summed E-state index contributed by atoms with van der Waals surface area (Å²) in [6, 6.07) is 12.9. The van der Waals surface area contributed by atoms with Crippen molar-refractivity contribution in [1.82, 2.24) is 3.21 Å². The summed E-state index contributed by atoms with van der Waals surface area (Å²) < 4.78 is 6.18. The van der Waals surface area contributed by atoms with Gasteiger partial charge in [-0.3, -0.25) is 0 Å². The second-order valence-electron chi connectivity index (χ2n) is 4.69. The molecule has 0 aliphatic rings. The first-order valence-electron chi connectivity index (χ1n) is 5.10. The Bertz CT molecular complexity index is 437. The Balaban J connectivity index is 2.37. The number of hydrogen-bond donors (Lipinski definition) is 0. The SMILES string of the molecule is CC(C)(C)c1cc(-c2ccccc2)[te]n1. The first kappa shape index (κ1) is 10.9. The van der Waals surface area contributed by atoms with Crippen molar-refractivity contribution in [2.45, 2.75) is 26.2 Å². The molecule has 0 saturated carbocycles. The average Bonchev–Trinajstić information content (AvgIpc) is 2.67. The second kappa shape index (κ2) is 4.12. The molecule has 1 heterocycles. The van der Waals surface area contributed by atoms with Crippen molar-refractivity contribution in [1.29, 1.82) is 0 Å². The van der Waals surface area contributed by atoms with Gasteiger partial charge in [-0.15, -0.1) is 0 Å². The van der Waals surface area contributed by atoms with Gasteiger partial charge in [-0.1, -0.05) is 0 Å². The van der Waals surface area contributed by atoms with Crippen molar-refractivity contribution in [3.05, 3.63) is 42.1 Å². The Morgan fingerprint density at radius 2 is 1.73 bits per heavy atom. The van der Waals surface area contributed by atoms with Crippen molar-refractivity contribution < 1.29 is 0 Å². The van der Waals surface area contributed by atoms with E-state index in [-0.39, 0.29) is 26.1 Å². The number of hydrogen-bond acceptors (Lipinski definition) is 1. The second-order valence-corrected chi connectivity index (χ2v) is 6.99. The van der Waals surface area contributed by atoms with Crippen molar-refractivity contribution in [2.75, 3.05) is 0 Å². The summed E-state index contributed by atoms with van der Waals surface area (Å²) >= 11 is -0.339. The fraction of sp³-hybridized carbons (Fsp3) is 0.308. The summed E-state index contributed by atoms with van der Waals surface area (Å²) in [4.78, 5) is 0. The van der Waals surface area contributed by atoms with E-state index in [4.69, 9.17) is 3.21 Å². The van der Waals surface area contributed by atoms with Gasteiger partial charge < -0.3 is 0 Å². The Hall–Kier alpha value is -0.580. The van der Waals surface area contributed by atoms with Gasteiger partial charge in [0.1, 0.15) is 0 Å². The van der Waals surface area contributed by atoms with Crippen LogP contribution in [0.1, 0.15) is 26.5 Å². The van der Waals surface area contributed by atoms with Gasteiger partial charge in [-0.05, 0) is 0 Å². The summed E-state index contributed by atoms with van der Waals surface area (Å²) in [6.45, 7) is 6.68. The molecule has 0 amide bonds. The van der Waals surface area contributed by atoms with Gasteiger partial charge in [-0.2, -0.15) is 0 Å². The molecular formula is C13H15NTe. The summed E-state index contributed by atoms with van der Waals surface area (Å²) in [5, 5.41) is 0. The van der Waals surface area contributed by atoms with Gasteiger partial charge in [0.25, 0.3) is 0 Å². The molecule has 0 saturated heterocycles. The van der Waals surface area contributed by atoms with Crippen LogP contribution in [-0.2, 0) is 5.41 Å². The zero-order valence-electron chi connectivity index (χ0n) is 9.32. The standard InChI is InChI=1S/C13H15NTe/c1-13(2,3)12-9-11(15-14-12)10-7-5-4-6-8-10/h4-9H,1-3H3. The van der Waals surface area contributed by atoms with Crippen LogP contribution in [0.25, 0.3) is 9.14 Å². The van der Waals surface area contributed by atoms with E-state index >= 15 is 0 Å². The van der Waals surface area contributed by atoms with E-state index < -0.39 is 0 Å². The molecule has 1 aromatic carbocycles. The predicted molar refractivity (Wildman–Crippen MR) is 65.3 cm³/mol. The molecule has 0 aliphatic heterocycles. The predicted octanol–water partition coefficient (Wildman–Crippen LogP) is 3.10. The third-order valence-electron chi connectivity index (χ3n) is 2.34. The van der Waals surface area contributed by atoms with Crippen LogP contribution in [0.4, 0.5) is 0 Å². The maximum absolute atomic E-state index is 4.72. The van der Waals surface area contributed by atoms with Gasteiger partial charge in [-0.25, -0.2) is 0 Å². The maximum atomic E-state index is 4.72. The van der Waals surface area contributed by atoms with Crippen molar-refractivity contribution in [2.24, 2.45) is 0 Å². The van der Waals surface area contributed by atoms with Crippen molar-refractivity contribution in [3.63, 3.8) is 0 Å². The number of benzene rings is 1. The number of rotatable bonds is 1. The normalized spacial score (nSPS) is 11.7. The zero-order chi connectivity index (χ0) is 10.9. The average molecular weight is 313 g/mol. The summed E-state index contributed by atoms with van der Waals surface area (Å²) in [6.07, 6.45) is 0. The first-order chi connectivity index (χ1) is 7.07. The van der Waals surface area contributed by atoms with Crippen LogP contribution < -0.4 is 0 Å². The molecule has 2 heteroatoms. The molecule has 0 bridgehead atoms. The molecule has 0 spiro atoms. The number of nitrogens with zero attached hydrogens (tertiary/aromatic N) is 1. The van der Waals surface area contributed by atoms with E-state index in [1.807, 2.05) is 0 Å². The van der Waals surface area contributed by atoms with E-state index in [0.29, 0.717) is 0 Å². The van der Waals surface area contributed by atoms with Crippen molar-refractivity contribution in [3.8, 4) is 9.14 Å². The minimum absolute atomic E-state index is 0.196. The van der Waals surface area contributed by atoms with Gasteiger partial charge in [0.05, 0.1) is 0 Å². The van der Waals surface area contributed by atoms with E-state index in [1.165, 1.54) is 14.8 Å². The Labute approximate surface area is 101 Å². The van der Waals surface area contributed by atoms with Crippen LogP contribution in [0, 0.1) is 0 Å². The minimum atomic E-state index is -0.339. The zero-order valence-corrected chi connectivity index (χ0v) is 11.6. The van der Waals surface area contributed by atoms with Crippen LogP contribution in [0.3, 0.4) is 0 Å². The van der Waals surface area contributed by atoms with E-state index in [1.54, 1.807) is 0 Å². The first-order valence-corrected chi connectivity index (χ1v) is 7.31. The molecule has 0 atom stereocenters. The molecule has 0 fully saturated rings. The molecule has 0 radical (unpaired) electrons. The van der Waals surface area contributed by atoms with E-state index in [9.17, 15) is 0 Å². The Morgan fingerprint density at radius 1 is 1.07 bits per heavy atom. The molecule has 0 aliphatic carbocycles. The van der Waals surface area contributed by atoms with E-state index in [0.717, 1.165) is 0 Å². The quantitative estimate of drug-likeness (QED) is 0.737. The number of aromatic nitrogens is 1. The Morgan fingerprint density at radius 3 is 2.27 bits per heavy atom. The third kappa shape index (κ3) is 2.51. The molecule has 0 N–H and O–H groups in total. The molecule has 78 valence electrons. The van der Waals surface area contributed by atoms with Crippen molar-refractivity contribution >= 4 is 20.7 Å². The van der Waals surface area contributed by atoms with Gasteiger partial charge in [0.15, 0.2) is 0 Å². The molecule has 0 unspecified atom stereocenters. The molecule has 1 aromatic heterocycles. The fourth-order valence-corrected chi connectivity index (χ4v) is 4.02. The Kier molecular flexibility index (Phi) is 3.00. The van der Waals surface area contributed by atoms with Crippen LogP contribution in [0.15, 0.2) is 36.4 Å². The van der Waals surface area contributed by atoms with Gasteiger partial charge in [0.2, 0.25) is 0 Å². The van der Waals surface area contributed by atoms with Crippen LogP contribution in [0.2, 0.25) is 0 Å². The van der Waals surface area contributed by atoms with Gasteiger partial charge in [0, 0.05) is 0 Å². The molecule has 2 rings (SSSR count). The van der Waals surface area contributed by atoms with E-state index in [2.05, 4.69) is 57.2 Å². The summed E-state index contributed by atoms with van der Waals surface area (Å²) in [5.41, 5.74) is 2.81. The molecule has 15 heavy (non-hydrogen) atoms. The molecule has 1 nitrogen and oxygen atoms in total. The van der Waals surface area contributed by atoms with Crippen LogP contribution in [-0.4, -0.2) is 23.9 Å². The summed E-state index contributed by atoms with van der Waals surface area (Å²) in [7, 11) is 0. The van der Waals surface area contributed by atoms with Gasteiger partial charge >= 0.3 is 101 Å². The van der Waals surface area contributed by atoms with Crippen LogP contribution >= 0.6 is 0 Å². The monoisotopic (exact) mass is 315 g/mol.